The van der Waals surface area contributed by atoms with Crippen molar-refractivity contribution in [2.24, 2.45) is 0 Å². The van der Waals surface area contributed by atoms with Gasteiger partial charge in [-0.25, -0.2) is 4.79 Å². The van der Waals surface area contributed by atoms with Crippen LogP contribution in [0.4, 0.5) is 4.79 Å². The van der Waals surface area contributed by atoms with Crippen molar-refractivity contribution in [3.05, 3.63) is 22.5 Å². The van der Waals surface area contributed by atoms with Gasteiger partial charge in [-0.15, -0.1) is 0 Å². The lowest BCUT2D eigenvalue weighted by Gasteiger charge is -2.18. The number of hydrogen-bond acceptors (Lipinski definition) is 6. The van der Waals surface area contributed by atoms with Crippen molar-refractivity contribution in [3.63, 3.8) is 0 Å². The summed E-state index contributed by atoms with van der Waals surface area (Å²) in [5.41, 5.74) is 0.0650. The predicted octanol–water partition coefficient (Wildman–Crippen LogP) is 1.92. The third-order valence-corrected chi connectivity index (χ3v) is 3.10. The average Bonchev–Trinajstić information content (AvgIpc) is 2.77. The molecule has 0 radical (unpaired) electrons. The molecule has 0 fully saturated rings. The summed E-state index contributed by atoms with van der Waals surface area (Å²) in [6, 6.07) is 0. The maximum absolute atomic E-state index is 11.6. The fraction of sp³-hybridized carbons (Fsp3) is 0.500. The van der Waals surface area contributed by atoms with E-state index in [9.17, 15) is 19.2 Å². The van der Waals surface area contributed by atoms with E-state index in [1.807, 2.05) is 0 Å². The highest BCUT2D eigenvalue weighted by molar-refractivity contribution is 5.79. The van der Waals surface area contributed by atoms with Crippen LogP contribution in [0.2, 0.25) is 0 Å². The van der Waals surface area contributed by atoms with Crippen molar-refractivity contribution < 1.29 is 38.9 Å². The van der Waals surface area contributed by atoms with Gasteiger partial charge in [0.15, 0.2) is 6.29 Å². The highest BCUT2D eigenvalue weighted by atomic mass is 16.7. The molecule has 0 amide bonds. The van der Waals surface area contributed by atoms with Gasteiger partial charge in [0, 0.05) is 6.42 Å². The Kier molecular flexibility index (Phi) is 6.72. The van der Waals surface area contributed by atoms with Crippen LogP contribution in [0.1, 0.15) is 54.5 Å². The molecule has 1 heterocycles. The molecule has 0 saturated heterocycles. The minimum atomic E-state index is -1.16. The van der Waals surface area contributed by atoms with Crippen LogP contribution in [-0.2, 0) is 38.5 Å². The maximum atomic E-state index is 11.6. The van der Waals surface area contributed by atoms with Crippen molar-refractivity contribution in [2.45, 2.75) is 52.2 Å². The van der Waals surface area contributed by atoms with E-state index in [2.05, 4.69) is 4.98 Å². The van der Waals surface area contributed by atoms with Crippen LogP contribution in [0.15, 0.2) is 0 Å². The van der Waals surface area contributed by atoms with Gasteiger partial charge in [0.05, 0.1) is 17.8 Å². The van der Waals surface area contributed by atoms with E-state index in [1.165, 1.54) is 0 Å². The normalized spacial score (nSPS) is 11.0. The second kappa shape index (κ2) is 8.32. The van der Waals surface area contributed by atoms with Gasteiger partial charge < -0.3 is 24.7 Å². The summed E-state index contributed by atoms with van der Waals surface area (Å²) in [7, 11) is 0. The second-order valence-electron chi connectivity index (χ2n) is 6.31. The fourth-order valence-electron chi connectivity index (χ4n) is 2.17. The van der Waals surface area contributed by atoms with Crippen LogP contribution in [-0.4, -0.2) is 45.2 Å². The van der Waals surface area contributed by atoms with E-state index in [1.54, 1.807) is 20.8 Å². The van der Waals surface area contributed by atoms with E-state index in [-0.39, 0.29) is 36.4 Å². The molecule has 0 aliphatic rings. The van der Waals surface area contributed by atoms with Crippen molar-refractivity contribution in [1.29, 1.82) is 0 Å². The number of rotatable bonds is 8. The van der Waals surface area contributed by atoms with Crippen LogP contribution in [0, 0.1) is 0 Å². The molecule has 25 heavy (non-hydrogen) atoms. The molecule has 0 bridgehead atoms. The first kappa shape index (κ1) is 20.2. The Balaban J connectivity index is 3.04. The van der Waals surface area contributed by atoms with Gasteiger partial charge in [-0.3, -0.25) is 14.4 Å². The molecule has 0 spiro atoms. The van der Waals surface area contributed by atoms with Crippen LogP contribution in [0.3, 0.4) is 0 Å². The minimum absolute atomic E-state index is 0.0189. The van der Waals surface area contributed by atoms with Crippen molar-refractivity contribution in [1.82, 2.24) is 4.98 Å². The molecule has 3 N–H and O–H groups in total. The Hall–Kier alpha value is -2.84. The molecule has 0 aliphatic heterocycles. The molecule has 138 valence electrons. The minimum Gasteiger partial charge on any atom is -0.481 e. The zero-order chi connectivity index (χ0) is 19.2. The van der Waals surface area contributed by atoms with Crippen molar-refractivity contribution >= 4 is 24.4 Å². The number of aliphatic carboxylic acids is 2. The Bertz CT molecular complexity index is 668. The van der Waals surface area contributed by atoms with E-state index < -0.39 is 30.1 Å². The molecule has 0 atom stereocenters. The number of H-pyrrole nitrogens is 1. The quantitative estimate of drug-likeness (QED) is 0.474. The number of carboxylic acid groups (broad SMARTS) is 2. The highest BCUT2D eigenvalue weighted by Crippen LogP contribution is 2.22. The molecule has 1 aromatic heterocycles. The maximum Gasteiger partial charge on any atom is 0.509 e. The van der Waals surface area contributed by atoms with Crippen LogP contribution in [0.5, 0.6) is 0 Å². The Morgan fingerprint density at radius 2 is 1.76 bits per heavy atom. The number of carbonyl (C=O) groups is 4. The summed E-state index contributed by atoms with van der Waals surface area (Å²) >= 11 is 0. The van der Waals surface area contributed by atoms with Gasteiger partial charge in [0.1, 0.15) is 12.2 Å². The lowest BCUT2D eigenvalue weighted by atomic mass is 10.0. The van der Waals surface area contributed by atoms with E-state index >= 15 is 0 Å². The number of aromatic amines is 1. The third-order valence-electron chi connectivity index (χ3n) is 3.10. The topological polar surface area (TPSA) is 143 Å². The average molecular weight is 355 g/mol. The van der Waals surface area contributed by atoms with E-state index in [4.69, 9.17) is 19.7 Å². The smallest absolute Gasteiger partial charge is 0.481 e. The summed E-state index contributed by atoms with van der Waals surface area (Å²) in [4.78, 5) is 47.3. The summed E-state index contributed by atoms with van der Waals surface area (Å²) < 4.78 is 9.93. The third kappa shape index (κ3) is 6.66. The van der Waals surface area contributed by atoms with Crippen LogP contribution in [0.25, 0.3) is 0 Å². The predicted molar refractivity (Wildman–Crippen MR) is 84.5 cm³/mol. The molecule has 0 aliphatic carbocycles. The van der Waals surface area contributed by atoms with Crippen LogP contribution >= 0.6 is 0 Å². The number of carbonyl (C=O) groups excluding carboxylic acids is 2. The summed E-state index contributed by atoms with van der Waals surface area (Å²) in [6.07, 6.45) is -1.19. The Labute approximate surface area is 143 Å². The molecule has 1 aromatic rings. The molecule has 0 saturated carbocycles. The molecule has 0 unspecified atom stereocenters. The summed E-state index contributed by atoms with van der Waals surface area (Å²) in [6.45, 7) is 4.65. The van der Waals surface area contributed by atoms with Gasteiger partial charge in [0.2, 0.25) is 0 Å². The van der Waals surface area contributed by atoms with Gasteiger partial charge in [-0.2, -0.15) is 0 Å². The monoisotopic (exact) mass is 355 g/mol. The van der Waals surface area contributed by atoms with Gasteiger partial charge in [0.25, 0.3) is 0 Å². The number of aromatic nitrogens is 1. The molecule has 9 heteroatoms. The fourth-order valence-corrected chi connectivity index (χ4v) is 2.17. The van der Waals surface area contributed by atoms with E-state index in [0.717, 1.165) is 0 Å². The molecule has 9 nitrogen and oxygen atoms in total. The zero-order valence-corrected chi connectivity index (χ0v) is 14.2. The lowest BCUT2D eigenvalue weighted by molar-refractivity contribution is -0.137. The highest BCUT2D eigenvalue weighted by Gasteiger charge is 2.22. The summed E-state index contributed by atoms with van der Waals surface area (Å²) in [5, 5.41) is 17.9. The first-order chi connectivity index (χ1) is 11.5. The van der Waals surface area contributed by atoms with Gasteiger partial charge in [-0.05, 0) is 38.3 Å². The zero-order valence-electron chi connectivity index (χ0n) is 14.2. The number of ether oxygens (including phenoxy) is 2. The molecule has 1 rings (SSSR count). The largest absolute Gasteiger partial charge is 0.509 e. The molecular formula is C16H21NO8. The van der Waals surface area contributed by atoms with Crippen LogP contribution < -0.4 is 0 Å². The number of aldehydes is 1. The standard InChI is InChI=1S/C16H21NO8/c1-16(2,3)25-15(23)24-8-12-10(6-14(21)22)9(4-5-13(19)20)11(7-18)17-12/h7,17H,4-6,8H2,1-3H3,(H,19,20)(H,21,22). The van der Waals surface area contributed by atoms with E-state index in [0.29, 0.717) is 11.8 Å². The lowest BCUT2D eigenvalue weighted by Crippen LogP contribution is -2.24. The summed E-state index contributed by atoms with van der Waals surface area (Å²) in [5.74, 6) is -2.24. The van der Waals surface area contributed by atoms with Crippen molar-refractivity contribution in [3.8, 4) is 0 Å². The molecule has 0 aromatic carbocycles. The van der Waals surface area contributed by atoms with Gasteiger partial charge >= 0.3 is 18.1 Å². The second-order valence-corrected chi connectivity index (χ2v) is 6.31. The number of hydrogen-bond donors (Lipinski definition) is 3. The molecular weight excluding hydrogens is 334 g/mol. The SMILES string of the molecule is CC(C)(C)OC(=O)OCc1[nH]c(C=O)c(CCC(=O)O)c1CC(=O)O. The Morgan fingerprint density at radius 3 is 2.24 bits per heavy atom. The Morgan fingerprint density at radius 1 is 1.12 bits per heavy atom. The first-order valence-corrected chi connectivity index (χ1v) is 7.50. The number of nitrogens with one attached hydrogen (secondary N) is 1. The first-order valence-electron chi connectivity index (χ1n) is 7.50. The van der Waals surface area contributed by atoms with Gasteiger partial charge in [-0.1, -0.05) is 0 Å². The number of carboxylic acids is 2. The van der Waals surface area contributed by atoms with Crippen molar-refractivity contribution in [2.75, 3.05) is 0 Å².